The van der Waals surface area contributed by atoms with Gasteiger partial charge in [0, 0.05) is 7.05 Å². The van der Waals surface area contributed by atoms with E-state index in [-0.39, 0.29) is 0 Å². The Morgan fingerprint density at radius 2 is 2.00 bits per heavy atom. The van der Waals surface area contributed by atoms with Crippen molar-refractivity contribution in [3.8, 4) is 5.75 Å². The number of aromatic nitrogens is 2. The van der Waals surface area contributed by atoms with Crippen molar-refractivity contribution in [2.45, 2.75) is 13.5 Å². The van der Waals surface area contributed by atoms with Gasteiger partial charge in [-0.25, -0.2) is 0 Å². The molecule has 84 valence electrons. The molecular weight excluding hydrogens is 202 g/mol. The van der Waals surface area contributed by atoms with Crippen LogP contribution in [0.1, 0.15) is 11.3 Å². The molecule has 0 aliphatic carbocycles. The van der Waals surface area contributed by atoms with Crippen LogP contribution in [0.4, 0.5) is 5.82 Å². The van der Waals surface area contributed by atoms with Crippen molar-refractivity contribution in [1.29, 1.82) is 0 Å². The van der Waals surface area contributed by atoms with Crippen LogP contribution in [0.3, 0.4) is 0 Å². The number of nitrogen functional groups attached to an aromatic ring is 1. The molecule has 4 nitrogen and oxygen atoms in total. The SMILES string of the molecule is Cc1nn(C)c(N)c1COc1ccccc1. The highest BCUT2D eigenvalue weighted by molar-refractivity contribution is 5.42. The maximum absolute atomic E-state index is 5.89. The molecule has 0 amide bonds. The van der Waals surface area contributed by atoms with Crippen molar-refractivity contribution in [1.82, 2.24) is 9.78 Å². The van der Waals surface area contributed by atoms with Gasteiger partial charge in [0.2, 0.25) is 0 Å². The molecule has 0 aliphatic rings. The predicted molar refractivity (Wildman–Crippen MR) is 63.1 cm³/mol. The summed E-state index contributed by atoms with van der Waals surface area (Å²) >= 11 is 0. The fourth-order valence-electron chi connectivity index (χ4n) is 1.57. The minimum atomic E-state index is 0.454. The minimum Gasteiger partial charge on any atom is -0.489 e. The number of nitrogens with two attached hydrogens (primary N) is 1. The molecule has 1 aromatic heterocycles. The zero-order valence-electron chi connectivity index (χ0n) is 9.47. The van der Waals surface area contributed by atoms with Gasteiger partial charge in [-0.1, -0.05) is 18.2 Å². The van der Waals surface area contributed by atoms with Gasteiger partial charge < -0.3 is 10.5 Å². The first-order chi connectivity index (χ1) is 7.68. The van der Waals surface area contributed by atoms with Crippen LogP contribution < -0.4 is 10.5 Å². The smallest absolute Gasteiger partial charge is 0.128 e. The van der Waals surface area contributed by atoms with Crippen LogP contribution in [0.5, 0.6) is 5.75 Å². The third kappa shape index (κ3) is 2.00. The monoisotopic (exact) mass is 217 g/mol. The van der Waals surface area contributed by atoms with Crippen molar-refractivity contribution in [2.24, 2.45) is 7.05 Å². The molecule has 1 aromatic carbocycles. The molecule has 2 aromatic rings. The predicted octanol–water partition coefficient (Wildman–Crippen LogP) is 1.89. The van der Waals surface area contributed by atoms with Crippen LogP contribution in [0.25, 0.3) is 0 Å². The van der Waals surface area contributed by atoms with Crippen LogP contribution in [-0.2, 0) is 13.7 Å². The molecule has 0 saturated carbocycles. The van der Waals surface area contributed by atoms with Crippen LogP contribution in [0.15, 0.2) is 30.3 Å². The van der Waals surface area contributed by atoms with E-state index in [1.165, 1.54) is 0 Å². The summed E-state index contributed by atoms with van der Waals surface area (Å²) in [7, 11) is 1.83. The number of nitrogens with zero attached hydrogens (tertiary/aromatic N) is 2. The van der Waals surface area contributed by atoms with Crippen LogP contribution in [-0.4, -0.2) is 9.78 Å². The lowest BCUT2D eigenvalue weighted by Crippen LogP contribution is -2.02. The van der Waals surface area contributed by atoms with Gasteiger partial charge in [0.1, 0.15) is 18.2 Å². The maximum atomic E-state index is 5.89. The van der Waals surface area contributed by atoms with Gasteiger partial charge in [-0.05, 0) is 19.1 Å². The third-order valence-corrected chi connectivity index (χ3v) is 2.52. The first-order valence-corrected chi connectivity index (χ1v) is 5.14. The summed E-state index contributed by atoms with van der Waals surface area (Å²) in [6.45, 7) is 2.38. The van der Waals surface area contributed by atoms with E-state index in [9.17, 15) is 0 Å². The number of aryl methyl sites for hydroxylation is 2. The second kappa shape index (κ2) is 4.26. The summed E-state index contributed by atoms with van der Waals surface area (Å²) < 4.78 is 7.30. The summed E-state index contributed by atoms with van der Waals surface area (Å²) in [4.78, 5) is 0. The van der Waals surface area contributed by atoms with E-state index >= 15 is 0 Å². The number of hydrogen-bond donors (Lipinski definition) is 1. The van der Waals surface area contributed by atoms with E-state index in [0.717, 1.165) is 17.0 Å². The first-order valence-electron chi connectivity index (χ1n) is 5.14. The zero-order valence-corrected chi connectivity index (χ0v) is 9.47. The van der Waals surface area contributed by atoms with E-state index < -0.39 is 0 Å². The molecule has 0 bridgehead atoms. The Morgan fingerprint density at radius 1 is 1.31 bits per heavy atom. The van der Waals surface area contributed by atoms with Crippen molar-refractivity contribution in [3.63, 3.8) is 0 Å². The van der Waals surface area contributed by atoms with E-state index in [4.69, 9.17) is 10.5 Å². The number of anilines is 1. The van der Waals surface area contributed by atoms with E-state index in [1.807, 2.05) is 44.3 Å². The highest BCUT2D eigenvalue weighted by Crippen LogP contribution is 2.18. The quantitative estimate of drug-likeness (QED) is 0.854. The topological polar surface area (TPSA) is 53.1 Å². The number of ether oxygens (including phenoxy) is 1. The lowest BCUT2D eigenvalue weighted by atomic mass is 10.2. The summed E-state index contributed by atoms with van der Waals surface area (Å²) in [5, 5.41) is 4.23. The van der Waals surface area contributed by atoms with Gasteiger partial charge in [-0.2, -0.15) is 5.10 Å². The summed E-state index contributed by atoms with van der Waals surface area (Å²) in [5.41, 5.74) is 7.75. The molecule has 0 spiro atoms. The lowest BCUT2D eigenvalue weighted by Gasteiger charge is -2.05. The molecule has 1 heterocycles. The van der Waals surface area contributed by atoms with Crippen molar-refractivity contribution in [2.75, 3.05) is 5.73 Å². The Kier molecular flexibility index (Phi) is 2.81. The van der Waals surface area contributed by atoms with Gasteiger partial charge in [0.05, 0.1) is 11.3 Å². The van der Waals surface area contributed by atoms with Crippen LogP contribution in [0.2, 0.25) is 0 Å². The van der Waals surface area contributed by atoms with Gasteiger partial charge in [-0.3, -0.25) is 4.68 Å². The standard InChI is InChI=1S/C12H15N3O/c1-9-11(12(13)15(2)14-9)8-16-10-6-4-3-5-7-10/h3-7H,8,13H2,1-2H3. The molecule has 0 radical (unpaired) electrons. The average Bonchev–Trinajstić information content (AvgIpc) is 2.53. The highest BCUT2D eigenvalue weighted by atomic mass is 16.5. The highest BCUT2D eigenvalue weighted by Gasteiger charge is 2.10. The van der Waals surface area contributed by atoms with Gasteiger partial charge in [0.15, 0.2) is 0 Å². The third-order valence-electron chi connectivity index (χ3n) is 2.52. The van der Waals surface area contributed by atoms with Crippen molar-refractivity contribution < 1.29 is 4.74 Å². The molecule has 4 heteroatoms. The molecular formula is C12H15N3O. The Balaban J connectivity index is 2.11. The van der Waals surface area contributed by atoms with Crippen molar-refractivity contribution in [3.05, 3.63) is 41.6 Å². The fourth-order valence-corrected chi connectivity index (χ4v) is 1.57. The second-order valence-electron chi connectivity index (χ2n) is 3.67. The normalized spacial score (nSPS) is 10.4. The first kappa shape index (κ1) is 10.5. The van der Waals surface area contributed by atoms with E-state index in [0.29, 0.717) is 12.4 Å². The molecule has 0 aliphatic heterocycles. The van der Waals surface area contributed by atoms with Crippen LogP contribution >= 0.6 is 0 Å². The molecule has 0 atom stereocenters. The summed E-state index contributed by atoms with van der Waals surface area (Å²) in [6, 6.07) is 9.67. The average molecular weight is 217 g/mol. The number of benzene rings is 1. The van der Waals surface area contributed by atoms with Gasteiger partial charge in [-0.15, -0.1) is 0 Å². The van der Waals surface area contributed by atoms with Crippen molar-refractivity contribution >= 4 is 5.82 Å². The Hall–Kier alpha value is -1.97. The molecule has 0 fully saturated rings. The van der Waals surface area contributed by atoms with Crippen LogP contribution in [0, 0.1) is 6.92 Å². The van der Waals surface area contributed by atoms with Gasteiger partial charge in [0.25, 0.3) is 0 Å². The summed E-state index contributed by atoms with van der Waals surface area (Å²) in [6.07, 6.45) is 0. The maximum Gasteiger partial charge on any atom is 0.128 e. The largest absolute Gasteiger partial charge is 0.489 e. The number of para-hydroxylation sites is 1. The molecule has 2 rings (SSSR count). The zero-order chi connectivity index (χ0) is 11.5. The number of rotatable bonds is 3. The second-order valence-corrected chi connectivity index (χ2v) is 3.67. The Labute approximate surface area is 94.6 Å². The van der Waals surface area contributed by atoms with E-state index in [1.54, 1.807) is 4.68 Å². The molecule has 0 saturated heterocycles. The lowest BCUT2D eigenvalue weighted by molar-refractivity contribution is 0.306. The number of hydrogen-bond acceptors (Lipinski definition) is 3. The van der Waals surface area contributed by atoms with Gasteiger partial charge >= 0.3 is 0 Å². The van der Waals surface area contributed by atoms with E-state index in [2.05, 4.69) is 5.10 Å². The molecule has 16 heavy (non-hydrogen) atoms. The Bertz CT molecular complexity index is 477. The molecule has 2 N–H and O–H groups in total. The Morgan fingerprint density at radius 3 is 2.56 bits per heavy atom. The molecule has 0 unspecified atom stereocenters. The summed E-state index contributed by atoms with van der Waals surface area (Å²) in [5.74, 6) is 1.50. The fraction of sp³-hybridized carbons (Fsp3) is 0.250. The minimum absolute atomic E-state index is 0.454.